The fourth-order valence-electron chi connectivity index (χ4n) is 3.35. The molecule has 2 aliphatic rings. The van der Waals surface area contributed by atoms with Crippen LogP contribution in [-0.2, 0) is 4.74 Å². The average Bonchev–Trinajstić information content (AvgIpc) is 3.13. The number of aliphatic hydroxyl groups is 1. The molecule has 0 spiro atoms. The van der Waals surface area contributed by atoms with Crippen LogP contribution in [0.25, 0.3) is 11.2 Å². The summed E-state index contributed by atoms with van der Waals surface area (Å²) in [5.41, 5.74) is 1.65. The Morgan fingerprint density at radius 2 is 1.95 bits per heavy atom. The number of hydrogen-bond donors (Lipinski definition) is 1. The van der Waals surface area contributed by atoms with E-state index in [-0.39, 0.29) is 18.4 Å². The number of nitrogens with zero attached hydrogens (tertiary/aromatic N) is 5. The van der Waals surface area contributed by atoms with E-state index < -0.39 is 0 Å². The van der Waals surface area contributed by atoms with E-state index >= 15 is 0 Å². The van der Waals surface area contributed by atoms with Gasteiger partial charge in [0.15, 0.2) is 17.0 Å². The molecule has 2 unspecified atom stereocenters. The predicted molar refractivity (Wildman–Crippen MR) is 81.6 cm³/mol. The van der Waals surface area contributed by atoms with Crippen molar-refractivity contribution in [3.63, 3.8) is 0 Å². The number of aromatic nitrogens is 4. The maximum absolute atomic E-state index is 9.66. The van der Waals surface area contributed by atoms with E-state index in [1.165, 1.54) is 0 Å². The molecule has 0 aromatic carbocycles. The van der Waals surface area contributed by atoms with Crippen LogP contribution < -0.4 is 4.90 Å². The molecule has 2 saturated heterocycles. The Kier molecular flexibility index (Phi) is 3.46. The van der Waals surface area contributed by atoms with Crippen LogP contribution >= 0.6 is 0 Å². The Bertz CT molecular complexity index is 665. The second-order valence-corrected chi connectivity index (χ2v) is 6.22. The Balaban J connectivity index is 1.68. The Morgan fingerprint density at radius 1 is 1.14 bits per heavy atom. The lowest BCUT2D eigenvalue weighted by atomic mass is 10.1. The number of anilines is 1. The van der Waals surface area contributed by atoms with Crippen molar-refractivity contribution in [3.05, 3.63) is 12.7 Å². The lowest BCUT2D eigenvalue weighted by Crippen LogP contribution is -2.36. The van der Waals surface area contributed by atoms with Gasteiger partial charge in [0.25, 0.3) is 0 Å². The molecule has 4 rings (SSSR count). The summed E-state index contributed by atoms with van der Waals surface area (Å²) in [5.74, 6) is 0.863. The van der Waals surface area contributed by atoms with Crippen LogP contribution in [0.1, 0.15) is 38.8 Å². The fourth-order valence-corrected chi connectivity index (χ4v) is 3.35. The van der Waals surface area contributed by atoms with Gasteiger partial charge in [0.1, 0.15) is 12.6 Å². The number of ether oxygens (including phenoxy) is 1. The molecule has 2 fully saturated rings. The first-order valence-electron chi connectivity index (χ1n) is 7.98. The topological polar surface area (TPSA) is 76.3 Å². The number of hydrogen-bond acceptors (Lipinski definition) is 6. The van der Waals surface area contributed by atoms with Crippen molar-refractivity contribution in [2.45, 2.75) is 51.0 Å². The Labute approximate surface area is 128 Å². The zero-order chi connectivity index (χ0) is 15.1. The van der Waals surface area contributed by atoms with E-state index in [1.807, 2.05) is 10.9 Å². The van der Waals surface area contributed by atoms with Crippen LogP contribution in [0.4, 0.5) is 5.82 Å². The minimum atomic E-state index is -0.195. The van der Waals surface area contributed by atoms with E-state index in [2.05, 4.69) is 26.8 Å². The van der Waals surface area contributed by atoms with Crippen LogP contribution in [0.15, 0.2) is 12.7 Å². The van der Waals surface area contributed by atoms with Crippen molar-refractivity contribution in [1.29, 1.82) is 0 Å². The first-order valence-corrected chi connectivity index (χ1v) is 7.98. The third kappa shape index (κ3) is 2.34. The van der Waals surface area contributed by atoms with Gasteiger partial charge in [0.2, 0.25) is 0 Å². The van der Waals surface area contributed by atoms with Crippen LogP contribution in [-0.4, -0.2) is 49.9 Å². The van der Waals surface area contributed by atoms with Gasteiger partial charge >= 0.3 is 0 Å². The summed E-state index contributed by atoms with van der Waals surface area (Å²) >= 11 is 0. The molecule has 0 radical (unpaired) electrons. The minimum absolute atomic E-state index is 0.0194. The minimum Gasteiger partial charge on any atom is -0.393 e. The SMILES string of the molecule is CC1CCC(n2cnc3c(N4CCC(O)CC4)ncnc32)O1. The third-order valence-corrected chi connectivity index (χ3v) is 4.62. The third-order valence-electron chi connectivity index (χ3n) is 4.62. The van der Waals surface area contributed by atoms with Gasteiger partial charge in [-0.25, -0.2) is 15.0 Å². The predicted octanol–water partition coefficient (Wildman–Crippen LogP) is 1.48. The van der Waals surface area contributed by atoms with Crippen LogP contribution in [0, 0.1) is 0 Å². The van der Waals surface area contributed by atoms with Crippen molar-refractivity contribution in [2.75, 3.05) is 18.0 Å². The molecular weight excluding hydrogens is 282 g/mol. The molecule has 4 heterocycles. The zero-order valence-corrected chi connectivity index (χ0v) is 12.7. The summed E-state index contributed by atoms with van der Waals surface area (Å²) in [6.07, 6.45) is 7.11. The molecule has 0 amide bonds. The van der Waals surface area contributed by atoms with Gasteiger partial charge in [-0.15, -0.1) is 0 Å². The molecule has 2 atom stereocenters. The number of imidazole rings is 1. The van der Waals surface area contributed by atoms with Crippen molar-refractivity contribution in [1.82, 2.24) is 19.5 Å². The summed E-state index contributed by atoms with van der Waals surface area (Å²) in [5, 5.41) is 9.66. The van der Waals surface area contributed by atoms with Gasteiger partial charge in [0.05, 0.1) is 18.5 Å². The smallest absolute Gasteiger partial charge is 0.167 e. The summed E-state index contributed by atoms with van der Waals surface area (Å²) in [6.45, 7) is 3.70. The van der Waals surface area contributed by atoms with Crippen LogP contribution in [0.5, 0.6) is 0 Å². The monoisotopic (exact) mass is 303 g/mol. The van der Waals surface area contributed by atoms with Gasteiger partial charge in [0, 0.05) is 13.1 Å². The van der Waals surface area contributed by atoms with E-state index in [9.17, 15) is 5.11 Å². The average molecular weight is 303 g/mol. The largest absolute Gasteiger partial charge is 0.393 e. The first-order chi connectivity index (χ1) is 10.7. The van der Waals surface area contributed by atoms with E-state index in [0.29, 0.717) is 0 Å². The van der Waals surface area contributed by atoms with Gasteiger partial charge in [-0.05, 0) is 32.6 Å². The van der Waals surface area contributed by atoms with Crippen molar-refractivity contribution in [2.24, 2.45) is 0 Å². The van der Waals surface area contributed by atoms with Gasteiger partial charge in [-0.3, -0.25) is 4.57 Å². The van der Waals surface area contributed by atoms with E-state index in [0.717, 1.165) is 55.8 Å². The van der Waals surface area contributed by atoms with Gasteiger partial charge in [-0.1, -0.05) is 0 Å². The van der Waals surface area contributed by atoms with Crippen LogP contribution in [0.2, 0.25) is 0 Å². The molecule has 0 aliphatic carbocycles. The Morgan fingerprint density at radius 3 is 2.68 bits per heavy atom. The van der Waals surface area contributed by atoms with Crippen molar-refractivity contribution in [3.8, 4) is 0 Å². The first kappa shape index (κ1) is 13.9. The molecule has 0 bridgehead atoms. The highest BCUT2D eigenvalue weighted by molar-refractivity contribution is 5.83. The lowest BCUT2D eigenvalue weighted by molar-refractivity contribution is 0.0131. The Hall–Kier alpha value is -1.73. The number of rotatable bonds is 2. The maximum Gasteiger partial charge on any atom is 0.167 e. The van der Waals surface area contributed by atoms with Crippen molar-refractivity contribution < 1.29 is 9.84 Å². The number of fused-ring (bicyclic) bond motifs is 1. The second kappa shape index (κ2) is 5.48. The molecule has 22 heavy (non-hydrogen) atoms. The number of aliphatic hydroxyl groups excluding tert-OH is 1. The van der Waals surface area contributed by atoms with Gasteiger partial charge in [-0.2, -0.15) is 0 Å². The number of piperidine rings is 1. The van der Waals surface area contributed by atoms with E-state index in [1.54, 1.807) is 6.33 Å². The quantitative estimate of drug-likeness (QED) is 0.905. The van der Waals surface area contributed by atoms with E-state index in [4.69, 9.17) is 4.74 Å². The molecule has 7 heteroatoms. The lowest BCUT2D eigenvalue weighted by Gasteiger charge is -2.30. The highest BCUT2D eigenvalue weighted by Crippen LogP contribution is 2.32. The highest BCUT2D eigenvalue weighted by Gasteiger charge is 2.27. The molecule has 2 aromatic heterocycles. The standard InChI is InChI=1S/C15H21N5O2/c1-10-2-3-12(22-10)20-9-18-13-14(16-8-17-15(13)20)19-6-4-11(21)5-7-19/h8-12,21H,2-7H2,1H3. The molecule has 118 valence electrons. The normalized spacial score (nSPS) is 26.9. The van der Waals surface area contributed by atoms with Crippen molar-refractivity contribution >= 4 is 17.0 Å². The molecule has 2 aromatic rings. The molecule has 7 nitrogen and oxygen atoms in total. The summed E-state index contributed by atoms with van der Waals surface area (Å²) in [4.78, 5) is 15.6. The maximum atomic E-state index is 9.66. The van der Waals surface area contributed by atoms with Crippen LogP contribution in [0.3, 0.4) is 0 Å². The molecule has 1 N–H and O–H groups in total. The summed E-state index contributed by atoms with van der Waals surface area (Å²) in [6, 6.07) is 0. The second-order valence-electron chi connectivity index (χ2n) is 6.22. The zero-order valence-electron chi connectivity index (χ0n) is 12.7. The molecular formula is C15H21N5O2. The highest BCUT2D eigenvalue weighted by atomic mass is 16.5. The molecule has 0 saturated carbocycles. The van der Waals surface area contributed by atoms with Gasteiger partial charge < -0.3 is 14.7 Å². The summed E-state index contributed by atoms with van der Waals surface area (Å²) in [7, 11) is 0. The summed E-state index contributed by atoms with van der Waals surface area (Å²) < 4.78 is 7.95. The molecule has 2 aliphatic heterocycles. The fraction of sp³-hybridized carbons (Fsp3) is 0.667.